The van der Waals surface area contributed by atoms with Crippen LogP contribution in [0.25, 0.3) is 6.08 Å². The molecule has 4 rings (SSSR count). The summed E-state index contributed by atoms with van der Waals surface area (Å²) in [6.45, 7) is 0.347. The molecule has 230 valence electrons. The van der Waals surface area contributed by atoms with Crippen LogP contribution in [0.5, 0.6) is 0 Å². The Kier molecular flexibility index (Phi) is 11.7. The number of rotatable bonds is 10. The van der Waals surface area contributed by atoms with Crippen LogP contribution in [-0.2, 0) is 14.4 Å². The van der Waals surface area contributed by atoms with Gasteiger partial charge in [0.15, 0.2) is 0 Å². The molecule has 44 heavy (non-hydrogen) atoms. The second kappa shape index (κ2) is 15.7. The van der Waals surface area contributed by atoms with Gasteiger partial charge >= 0.3 is 12.0 Å². The summed E-state index contributed by atoms with van der Waals surface area (Å²) in [5.74, 6) is -2.41. The molecule has 12 heteroatoms. The monoisotopic (exact) mass is 654 g/mol. The summed E-state index contributed by atoms with van der Waals surface area (Å²) < 4.78 is 0. The number of urea groups is 1. The van der Waals surface area contributed by atoms with Crippen molar-refractivity contribution in [2.24, 2.45) is 5.92 Å². The van der Waals surface area contributed by atoms with E-state index in [4.69, 9.17) is 23.2 Å². The molecule has 0 aromatic heterocycles. The number of halogens is 2. The zero-order valence-corrected chi connectivity index (χ0v) is 26.2. The molecule has 0 spiro atoms. The fraction of sp³-hybridized carbons (Fsp3) is 0.250. The van der Waals surface area contributed by atoms with E-state index in [1.165, 1.54) is 22.7 Å². The van der Waals surface area contributed by atoms with Crippen molar-refractivity contribution in [3.05, 3.63) is 94.5 Å². The predicted octanol–water partition coefficient (Wildman–Crippen LogP) is 6.08. The van der Waals surface area contributed by atoms with Crippen LogP contribution in [0.15, 0.2) is 83.8 Å². The van der Waals surface area contributed by atoms with Gasteiger partial charge in [-0.1, -0.05) is 65.7 Å². The van der Waals surface area contributed by atoms with Gasteiger partial charge in [-0.15, -0.1) is 11.8 Å². The smallest absolute Gasteiger partial charge is 0.328 e. The molecule has 3 N–H and O–H groups in total. The molecule has 9 nitrogen and oxygen atoms in total. The van der Waals surface area contributed by atoms with Crippen LogP contribution >= 0.6 is 35.0 Å². The van der Waals surface area contributed by atoms with E-state index in [-0.39, 0.29) is 12.5 Å². The van der Waals surface area contributed by atoms with Crippen molar-refractivity contribution in [2.75, 3.05) is 30.8 Å². The van der Waals surface area contributed by atoms with E-state index in [0.29, 0.717) is 52.9 Å². The Hall–Kier alpha value is -3.99. The predicted molar refractivity (Wildman–Crippen MR) is 175 cm³/mol. The lowest BCUT2D eigenvalue weighted by Crippen LogP contribution is -2.52. The minimum atomic E-state index is -1.34. The first kappa shape index (κ1) is 32.9. The summed E-state index contributed by atoms with van der Waals surface area (Å²) in [6, 6.07) is 19.7. The summed E-state index contributed by atoms with van der Waals surface area (Å²) >= 11 is 14.1. The zero-order valence-electron chi connectivity index (χ0n) is 23.9. The quantitative estimate of drug-likeness (QED) is 0.180. The number of nitrogens with zero attached hydrogens (tertiary/aromatic N) is 2. The van der Waals surface area contributed by atoms with E-state index >= 15 is 0 Å². The van der Waals surface area contributed by atoms with Crippen LogP contribution < -0.4 is 15.5 Å². The second-order valence-corrected chi connectivity index (χ2v) is 11.6. The van der Waals surface area contributed by atoms with Crippen molar-refractivity contribution in [1.82, 2.24) is 15.5 Å². The highest BCUT2D eigenvalue weighted by Crippen LogP contribution is 2.35. The number of carbonyl (C=O) groups excluding carboxylic acids is 3. The number of nitrogens with one attached hydrogen (secondary N) is 2. The Bertz CT molecular complexity index is 1480. The van der Waals surface area contributed by atoms with Crippen LogP contribution in [0.1, 0.15) is 18.4 Å². The first-order chi connectivity index (χ1) is 21.2. The molecule has 0 radical (unpaired) electrons. The van der Waals surface area contributed by atoms with Gasteiger partial charge in [-0.2, -0.15) is 0 Å². The van der Waals surface area contributed by atoms with Gasteiger partial charge in [0.05, 0.1) is 28.0 Å². The molecule has 0 bridgehead atoms. The number of benzene rings is 3. The van der Waals surface area contributed by atoms with E-state index in [9.17, 15) is 24.3 Å². The normalized spacial score (nSPS) is 14.2. The Morgan fingerprint density at radius 2 is 1.55 bits per heavy atom. The summed E-state index contributed by atoms with van der Waals surface area (Å²) in [6.07, 6.45) is 5.67. The maximum absolute atomic E-state index is 13.2. The molecular formula is C32H32Cl2N4O5S. The third-order valence-electron chi connectivity index (χ3n) is 7.18. The fourth-order valence-electron chi connectivity index (χ4n) is 4.76. The first-order valence-electron chi connectivity index (χ1n) is 13.9. The molecule has 1 fully saturated rings. The molecule has 1 aliphatic heterocycles. The summed E-state index contributed by atoms with van der Waals surface area (Å²) in [7, 11) is 0. The largest absolute Gasteiger partial charge is 0.480 e. The van der Waals surface area contributed by atoms with Gasteiger partial charge < -0.3 is 20.6 Å². The highest BCUT2D eigenvalue weighted by Gasteiger charge is 2.30. The van der Waals surface area contributed by atoms with E-state index in [2.05, 4.69) is 10.6 Å². The Balaban J connectivity index is 1.31. The Morgan fingerprint density at radius 3 is 2.09 bits per heavy atom. The average molecular weight is 656 g/mol. The van der Waals surface area contributed by atoms with Gasteiger partial charge in [-0.05, 0) is 61.1 Å². The van der Waals surface area contributed by atoms with Crippen molar-refractivity contribution >= 4 is 76.2 Å². The van der Waals surface area contributed by atoms with Crippen molar-refractivity contribution in [2.45, 2.75) is 23.8 Å². The van der Waals surface area contributed by atoms with Crippen LogP contribution in [0, 0.1) is 5.92 Å². The van der Waals surface area contributed by atoms with Gasteiger partial charge in [0.1, 0.15) is 6.04 Å². The molecule has 1 heterocycles. The van der Waals surface area contributed by atoms with Crippen LogP contribution in [0.3, 0.4) is 0 Å². The number of amides is 4. The zero-order chi connectivity index (χ0) is 31.6. The molecular weight excluding hydrogens is 623 g/mol. The van der Waals surface area contributed by atoms with Gasteiger partial charge in [-0.25, -0.2) is 9.59 Å². The molecule has 0 unspecified atom stereocenters. The third-order valence-corrected chi connectivity index (χ3v) is 8.97. The molecule has 4 amide bonds. The summed E-state index contributed by atoms with van der Waals surface area (Å²) in [4.78, 5) is 54.9. The average Bonchev–Trinajstić information content (AvgIpc) is 3.04. The fourth-order valence-corrected chi connectivity index (χ4v) is 5.93. The number of hydrogen-bond donors (Lipinski definition) is 3. The van der Waals surface area contributed by atoms with Crippen molar-refractivity contribution in [3.8, 4) is 0 Å². The lowest BCUT2D eigenvalue weighted by molar-refractivity contribution is -0.142. The second-order valence-electron chi connectivity index (χ2n) is 10.0. The topological polar surface area (TPSA) is 119 Å². The highest BCUT2D eigenvalue weighted by molar-refractivity contribution is 7.98. The van der Waals surface area contributed by atoms with Crippen LogP contribution in [0.2, 0.25) is 10.0 Å². The number of carboxylic acid groups (broad SMARTS) is 1. The molecule has 1 aliphatic rings. The van der Waals surface area contributed by atoms with E-state index in [0.717, 1.165) is 4.90 Å². The number of hydrogen-bond acceptors (Lipinski definition) is 5. The number of thioether (sulfide) groups is 1. The summed E-state index contributed by atoms with van der Waals surface area (Å²) in [5, 5.41) is 15.8. The van der Waals surface area contributed by atoms with E-state index in [1.807, 2.05) is 24.5 Å². The number of anilines is 2. The minimum absolute atomic E-state index is 0.225. The Morgan fingerprint density at radius 1 is 0.955 bits per heavy atom. The number of likely N-dealkylation sites (tertiary alicyclic amines) is 1. The first-order valence-corrected chi connectivity index (χ1v) is 15.9. The SMILES string of the molecule is CSc1ccc(C=CC(=O)N2CCC(C(=O)N[C@@H](CNC(=O)N(c3ccccc3)c3ccccc3)C(=O)O)CC2)c(Cl)c1Cl. The standard InChI is InChI=1S/C32H32Cl2N4O5S/c1-44-26-14-12-21(28(33)29(26)34)13-15-27(39)37-18-16-22(17-19-37)30(40)36-25(31(41)42)20-35-32(43)38(23-8-4-2-5-9-23)24-10-6-3-7-11-24/h2-15,22,25H,16-20H2,1H3,(H,35,43)(H,36,40)(H,41,42)/t25-/m0/s1. The highest BCUT2D eigenvalue weighted by atomic mass is 35.5. The molecule has 1 saturated heterocycles. The van der Waals surface area contributed by atoms with Crippen molar-refractivity contribution in [3.63, 3.8) is 0 Å². The number of para-hydroxylation sites is 2. The maximum atomic E-state index is 13.2. The molecule has 0 saturated carbocycles. The van der Waals surface area contributed by atoms with Gasteiger partial charge in [0.2, 0.25) is 11.8 Å². The lowest BCUT2D eigenvalue weighted by Gasteiger charge is -2.31. The minimum Gasteiger partial charge on any atom is -0.480 e. The Labute approximate surface area is 270 Å². The number of aliphatic carboxylic acids is 1. The van der Waals surface area contributed by atoms with Gasteiger partial charge in [0.25, 0.3) is 0 Å². The van der Waals surface area contributed by atoms with Gasteiger partial charge in [-0.3, -0.25) is 14.5 Å². The molecule has 3 aromatic carbocycles. The lowest BCUT2D eigenvalue weighted by atomic mass is 9.95. The molecule has 1 atom stereocenters. The number of piperidine rings is 1. The van der Waals surface area contributed by atoms with Gasteiger partial charge in [0, 0.05) is 30.0 Å². The molecule has 0 aliphatic carbocycles. The third kappa shape index (κ3) is 8.34. The number of carbonyl (C=O) groups is 4. The maximum Gasteiger partial charge on any atom is 0.328 e. The van der Waals surface area contributed by atoms with E-state index in [1.54, 1.807) is 65.6 Å². The summed E-state index contributed by atoms with van der Waals surface area (Å²) in [5.41, 5.74) is 1.83. The van der Waals surface area contributed by atoms with Crippen molar-refractivity contribution in [1.29, 1.82) is 0 Å². The van der Waals surface area contributed by atoms with Crippen LogP contribution in [-0.4, -0.2) is 65.8 Å². The van der Waals surface area contributed by atoms with Crippen molar-refractivity contribution < 1.29 is 24.3 Å². The molecule has 3 aromatic rings. The van der Waals surface area contributed by atoms with Crippen LogP contribution in [0.4, 0.5) is 16.2 Å². The van der Waals surface area contributed by atoms with E-state index < -0.39 is 29.9 Å². The number of carboxylic acids is 1.